The molecule has 0 unspecified atom stereocenters. The molecule has 0 bridgehead atoms. The van der Waals surface area contributed by atoms with E-state index in [1.165, 1.54) is 5.57 Å². The molecule has 0 heterocycles. The minimum Gasteiger partial charge on any atom is -0.393 e. The molecule has 4 rings (SSSR count). The highest BCUT2D eigenvalue weighted by Gasteiger charge is 2.68. The van der Waals surface area contributed by atoms with Crippen LogP contribution in [0, 0.1) is 28.6 Å². The van der Waals surface area contributed by atoms with Gasteiger partial charge in [-0.3, -0.25) is 9.59 Å². The molecule has 0 spiro atoms. The van der Waals surface area contributed by atoms with Crippen molar-refractivity contribution in [2.24, 2.45) is 28.6 Å². The Labute approximate surface area is 171 Å². The van der Waals surface area contributed by atoms with Crippen molar-refractivity contribution < 1.29 is 24.0 Å². The van der Waals surface area contributed by atoms with Crippen molar-refractivity contribution in [3.63, 3.8) is 0 Å². The number of allylic oxidation sites excluding steroid dienone is 1. The van der Waals surface area contributed by atoms with Crippen molar-refractivity contribution in [2.75, 3.05) is 12.9 Å². The standard InChI is InChI=1S/C22H32O5S/c1-20-8-6-14(23)10-13(20)4-5-15-16-7-9-22(26,18(25)12-27-28-3)21(16,2)11-17(24)19(15)20/h10,15-17,19,24,26H,4-9,11-12H2,1-3H3/t15-,16-,17-,19+,20-,21-,22-/m0/s1. The van der Waals surface area contributed by atoms with Gasteiger partial charge in [0.05, 0.1) is 6.10 Å². The first-order chi connectivity index (χ1) is 13.2. The van der Waals surface area contributed by atoms with Crippen LogP contribution >= 0.6 is 12.0 Å². The van der Waals surface area contributed by atoms with Gasteiger partial charge < -0.3 is 14.4 Å². The Morgan fingerprint density at radius 2 is 2.04 bits per heavy atom. The van der Waals surface area contributed by atoms with Gasteiger partial charge in [0, 0.05) is 18.1 Å². The zero-order chi connectivity index (χ0) is 20.3. The van der Waals surface area contributed by atoms with E-state index in [1.807, 2.05) is 13.0 Å². The number of carbonyl (C=O) groups excluding carboxylic acids is 2. The Balaban J connectivity index is 1.67. The van der Waals surface area contributed by atoms with Crippen LogP contribution in [-0.4, -0.2) is 46.3 Å². The average molecular weight is 409 g/mol. The summed E-state index contributed by atoms with van der Waals surface area (Å²) < 4.78 is 5.23. The van der Waals surface area contributed by atoms with Gasteiger partial charge in [0.15, 0.2) is 11.6 Å². The molecule has 0 aromatic heterocycles. The molecule has 0 saturated heterocycles. The molecule has 4 aliphatic rings. The summed E-state index contributed by atoms with van der Waals surface area (Å²) in [7, 11) is 0. The first-order valence-corrected chi connectivity index (χ1v) is 11.7. The third-order valence-electron chi connectivity index (χ3n) is 8.82. The summed E-state index contributed by atoms with van der Waals surface area (Å²) in [5, 5.41) is 22.8. The maximum Gasteiger partial charge on any atom is 0.191 e. The van der Waals surface area contributed by atoms with Crippen molar-refractivity contribution in [1.29, 1.82) is 0 Å². The highest BCUT2D eigenvalue weighted by Crippen LogP contribution is 2.67. The highest BCUT2D eigenvalue weighted by molar-refractivity contribution is 7.93. The second kappa shape index (κ2) is 6.93. The molecule has 0 amide bonds. The quantitative estimate of drug-likeness (QED) is 0.696. The van der Waals surface area contributed by atoms with E-state index < -0.39 is 17.1 Å². The predicted molar refractivity (Wildman–Crippen MR) is 108 cm³/mol. The first kappa shape index (κ1) is 20.6. The van der Waals surface area contributed by atoms with Gasteiger partial charge in [-0.1, -0.05) is 19.4 Å². The molecular weight excluding hydrogens is 376 g/mol. The van der Waals surface area contributed by atoms with Crippen molar-refractivity contribution in [3.05, 3.63) is 11.6 Å². The second-order valence-electron chi connectivity index (χ2n) is 9.83. The van der Waals surface area contributed by atoms with Crippen LogP contribution in [0.2, 0.25) is 0 Å². The molecular formula is C22H32O5S. The van der Waals surface area contributed by atoms with Gasteiger partial charge in [0.1, 0.15) is 12.2 Å². The van der Waals surface area contributed by atoms with Crippen LogP contribution in [0.3, 0.4) is 0 Å². The SMILES string of the molecule is CSOCC(=O)[C@@]1(O)CC[C@H]2[C@@H]3CCC4=CC(=O)CC[C@]4(C)[C@H]3[C@@H](O)C[C@@]21C. The summed E-state index contributed by atoms with van der Waals surface area (Å²) in [6, 6.07) is 0. The summed E-state index contributed by atoms with van der Waals surface area (Å²) in [5.41, 5.74) is -1.01. The van der Waals surface area contributed by atoms with Crippen molar-refractivity contribution in [3.8, 4) is 0 Å². The van der Waals surface area contributed by atoms with Crippen molar-refractivity contribution in [2.45, 2.75) is 70.5 Å². The van der Waals surface area contributed by atoms with Crippen LogP contribution in [-0.2, 0) is 13.8 Å². The van der Waals surface area contributed by atoms with E-state index >= 15 is 0 Å². The van der Waals surface area contributed by atoms with Gasteiger partial charge in [-0.25, -0.2) is 0 Å². The monoisotopic (exact) mass is 408 g/mol. The third-order valence-corrected chi connectivity index (χ3v) is 9.17. The summed E-state index contributed by atoms with van der Waals surface area (Å²) >= 11 is 1.13. The summed E-state index contributed by atoms with van der Waals surface area (Å²) in [5.74, 6) is 0.519. The summed E-state index contributed by atoms with van der Waals surface area (Å²) in [6.07, 6.45) is 7.83. The van der Waals surface area contributed by atoms with Gasteiger partial charge in [-0.2, -0.15) is 0 Å². The van der Waals surface area contributed by atoms with Crippen molar-refractivity contribution >= 4 is 23.6 Å². The fourth-order valence-corrected chi connectivity index (χ4v) is 7.61. The van der Waals surface area contributed by atoms with E-state index in [0.29, 0.717) is 19.3 Å². The van der Waals surface area contributed by atoms with Gasteiger partial charge in [0.25, 0.3) is 0 Å². The predicted octanol–water partition coefficient (Wildman–Crippen LogP) is 3.08. The molecule has 5 nitrogen and oxygen atoms in total. The van der Waals surface area contributed by atoms with E-state index in [0.717, 1.165) is 37.7 Å². The van der Waals surface area contributed by atoms with Crippen LogP contribution in [0.25, 0.3) is 0 Å². The molecule has 156 valence electrons. The lowest BCUT2D eigenvalue weighted by Gasteiger charge is -2.60. The molecule has 3 fully saturated rings. The van der Waals surface area contributed by atoms with Crippen LogP contribution in [0.5, 0.6) is 0 Å². The van der Waals surface area contributed by atoms with E-state index in [9.17, 15) is 19.8 Å². The lowest BCUT2D eigenvalue weighted by Crippen LogP contribution is -2.62. The molecule has 0 aromatic rings. The van der Waals surface area contributed by atoms with Crippen LogP contribution in [0.4, 0.5) is 0 Å². The average Bonchev–Trinajstić information content (AvgIpc) is 2.92. The van der Waals surface area contributed by atoms with E-state index in [2.05, 4.69) is 6.92 Å². The van der Waals surface area contributed by atoms with Gasteiger partial charge in [-0.05, 0) is 79.8 Å². The number of ketones is 2. The molecule has 0 aromatic carbocycles. The highest BCUT2D eigenvalue weighted by atomic mass is 32.2. The maximum absolute atomic E-state index is 12.9. The molecule has 3 saturated carbocycles. The largest absolute Gasteiger partial charge is 0.393 e. The zero-order valence-electron chi connectivity index (χ0n) is 17.1. The zero-order valence-corrected chi connectivity index (χ0v) is 17.9. The Morgan fingerprint density at radius 1 is 1.29 bits per heavy atom. The third kappa shape index (κ3) is 2.71. The number of aliphatic hydroxyl groups excluding tert-OH is 1. The smallest absolute Gasteiger partial charge is 0.191 e. The Hall–Kier alpha value is -0.690. The van der Waals surface area contributed by atoms with Crippen molar-refractivity contribution in [1.82, 2.24) is 0 Å². The number of hydrogen-bond acceptors (Lipinski definition) is 6. The maximum atomic E-state index is 12.9. The molecule has 4 aliphatic carbocycles. The van der Waals surface area contributed by atoms with Gasteiger partial charge in [0.2, 0.25) is 0 Å². The van der Waals surface area contributed by atoms with Crippen LogP contribution in [0.1, 0.15) is 58.8 Å². The van der Waals surface area contributed by atoms with Gasteiger partial charge >= 0.3 is 0 Å². The lowest BCUT2D eigenvalue weighted by molar-refractivity contribution is -0.181. The Kier molecular flexibility index (Phi) is 5.09. The number of rotatable bonds is 4. The summed E-state index contributed by atoms with van der Waals surface area (Å²) in [4.78, 5) is 24.8. The fraction of sp³-hybridized carbons (Fsp3) is 0.818. The molecule has 0 radical (unpaired) electrons. The molecule has 28 heavy (non-hydrogen) atoms. The first-order valence-electron chi connectivity index (χ1n) is 10.5. The minimum absolute atomic E-state index is 0.0959. The Morgan fingerprint density at radius 3 is 2.75 bits per heavy atom. The minimum atomic E-state index is -1.43. The summed E-state index contributed by atoms with van der Waals surface area (Å²) in [6.45, 7) is 4.11. The molecule has 6 heteroatoms. The lowest BCUT2D eigenvalue weighted by atomic mass is 9.45. The Bertz CT molecular complexity index is 720. The number of hydrogen-bond donors (Lipinski definition) is 2. The topological polar surface area (TPSA) is 83.8 Å². The molecule has 0 aliphatic heterocycles. The molecule has 7 atom stereocenters. The van der Waals surface area contributed by atoms with Gasteiger partial charge in [-0.15, -0.1) is 0 Å². The van der Waals surface area contributed by atoms with E-state index in [-0.39, 0.29) is 41.3 Å². The van der Waals surface area contributed by atoms with Crippen LogP contribution < -0.4 is 0 Å². The van der Waals surface area contributed by atoms with E-state index in [1.54, 1.807) is 6.26 Å². The number of fused-ring (bicyclic) bond motifs is 5. The number of carbonyl (C=O) groups is 2. The van der Waals surface area contributed by atoms with Crippen LogP contribution in [0.15, 0.2) is 11.6 Å². The second-order valence-corrected chi connectivity index (χ2v) is 10.4. The molecule has 2 N–H and O–H groups in total. The fourth-order valence-electron chi connectivity index (χ4n) is 7.38. The normalized spacial score (nSPS) is 47.8. The van der Waals surface area contributed by atoms with E-state index in [4.69, 9.17) is 4.18 Å². The number of Topliss-reactive ketones (excluding diaryl/α,β-unsaturated/α-hetero) is 1. The number of aliphatic hydroxyl groups is 2.